The van der Waals surface area contributed by atoms with Gasteiger partial charge in [0.05, 0.1) is 23.7 Å². The Kier molecular flexibility index (Phi) is 4.73. The molecule has 1 aliphatic rings. The zero-order chi connectivity index (χ0) is 19.8. The number of quaternary nitrogens is 1. The molecule has 4 rings (SSSR count). The van der Waals surface area contributed by atoms with Crippen LogP contribution in [0.25, 0.3) is 22.6 Å². The van der Waals surface area contributed by atoms with Crippen LogP contribution in [0.1, 0.15) is 45.2 Å². The Morgan fingerprint density at radius 1 is 1.18 bits per heavy atom. The van der Waals surface area contributed by atoms with Crippen LogP contribution in [0, 0.1) is 13.8 Å². The van der Waals surface area contributed by atoms with Crippen molar-refractivity contribution in [2.45, 2.75) is 27.3 Å². The largest absolute Gasteiger partial charge is 0.545 e. The number of aryl methyl sites for hydroxylation is 2. The number of para-hydroxylation sites is 1. The quantitative estimate of drug-likeness (QED) is 0.767. The molecule has 0 spiro atoms. The number of aromatic nitrogens is 1. The molecule has 0 radical (unpaired) electrons. The van der Waals surface area contributed by atoms with Crippen molar-refractivity contribution in [3.8, 4) is 0 Å². The van der Waals surface area contributed by atoms with Gasteiger partial charge in [-0.1, -0.05) is 42.0 Å². The van der Waals surface area contributed by atoms with Gasteiger partial charge in [-0.3, -0.25) is 0 Å². The Morgan fingerprint density at radius 2 is 1.96 bits per heavy atom. The smallest absolute Gasteiger partial charge is 0.106 e. The number of likely N-dealkylation sites (N-methyl/N-ethyl adjacent to an activating group) is 1. The summed E-state index contributed by atoms with van der Waals surface area (Å²) in [6.45, 7) is 8.71. The van der Waals surface area contributed by atoms with Crippen molar-refractivity contribution in [1.29, 1.82) is 0 Å². The van der Waals surface area contributed by atoms with E-state index in [2.05, 4.69) is 45.0 Å². The lowest BCUT2D eigenvalue weighted by Crippen LogP contribution is -3.11. The predicted octanol–water partition coefficient (Wildman–Crippen LogP) is 2.17. The van der Waals surface area contributed by atoms with E-state index in [1.807, 2.05) is 24.3 Å². The van der Waals surface area contributed by atoms with Gasteiger partial charge in [-0.2, -0.15) is 0 Å². The number of nitrogens with zero attached hydrogens (tertiary/aromatic N) is 1. The number of carbonyl (C=O) groups excluding carboxylic acids is 1. The molecule has 2 aromatic carbocycles. The molecule has 142 valence electrons. The van der Waals surface area contributed by atoms with E-state index in [1.54, 1.807) is 0 Å². The molecule has 4 nitrogen and oxygen atoms in total. The summed E-state index contributed by atoms with van der Waals surface area (Å²) in [4.78, 5) is 18.3. The van der Waals surface area contributed by atoms with Gasteiger partial charge in [0.25, 0.3) is 0 Å². The van der Waals surface area contributed by atoms with Crippen molar-refractivity contribution in [1.82, 2.24) is 4.98 Å². The van der Waals surface area contributed by atoms with Crippen LogP contribution in [0.5, 0.6) is 0 Å². The minimum Gasteiger partial charge on any atom is -0.545 e. The number of pyridine rings is 1. The minimum atomic E-state index is -1.13. The van der Waals surface area contributed by atoms with E-state index in [0.717, 1.165) is 35.5 Å². The van der Waals surface area contributed by atoms with E-state index >= 15 is 0 Å². The second kappa shape index (κ2) is 7.21. The minimum absolute atomic E-state index is 0.290. The van der Waals surface area contributed by atoms with Gasteiger partial charge in [-0.05, 0) is 44.0 Å². The summed E-state index contributed by atoms with van der Waals surface area (Å²) in [5.74, 6) is -1.13. The lowest BCUT2D eigenvalue weighted by atomic mass is 9.91. The van der Waals surface area contributed by atoms with Crippen LogP contribution in [0.2, 0.25) is 0 Å². The number of benzene rings is 2. The number of hydrogen-bond donors (Lipinski definition) is 1. The van der Waals surface area contributed by atoms with Crippen LogP contribution in [0.4, 0.5) is 0 Å². The van der Waals surface area contributed by atoms with Gasteiger partial charge in [0.15, 0.2) is 0 Å². The van der Waals surface area contributed by atoms with E-state index in [1.165, 1.54) is 16.0 Å². The molecule has 0 bridgehead atoms. The standard InChI is InChI=1S/C24H24N2O2/c1-4-26-13-18(12-17-11-15(2)9-10-16(17)3)23-20(14-26)22(24(27)28)19-7-5-6-8-21(19)25-23/h5-12H,4,13-14H2,1-3H3,(H,27,28)/b18-12+. The third-order valence-electron chi connectivity index (χ3n) is 5.63. The molecule has 4 heteroatoms. The molecule has 2 heterocycles. The van der Waals surface area contributed by atoms with E-state index in [9.17, 15) is 9.90 Å². The maximum Gasteiger partial charge on any atom is 0.106 e. The first-order valence-electron chi connectivity index (χ1n) is 9.72. The maximum absolute atomic E-state index is 12.1. The summed E-state index contributed by atoms with van der Waals surface area (Å²) in [5, 5.41) is 12.7. The first-order chi connectivity index (χ1) is 13.5. The van der Waals surface area contributed by atoms with Crippen LogP contribution in [0.3, 0.4) is 0 Å². The number of rotatable bonds is 3. The van der Waals surface area contributed by atoms with Gasteiger partial charge in [0, 0.05) is 22.1 Å². The van der Waals surface area contributed by atoms with E-state index < -0.39 is 5.97 Å². The number of carboxylic acid groups (broad SMARTS) is 1. The van der Waals surface area contributed by atoms with E-state index in [0.29, 0.717) is 17.4 Å². The van der Waals surface area contributed by atoms with Crippen molar-refractivity contribution < 1.29 is 14.8 Å². The fourth-order valence-electron chi connectivity index (χ4n) is 4.06. The third-order valence-corrected chi connectivity index (χ3v) is 5.63. The highest BCUT2D eigenvalue weighted by Crippen LogP contribution is 2.30. The number of carboxylic acids is 1. The summed E-state index contributed by atoms with van der Waals surface area (Å²) in [6.07, 6.45) is 2.18. The average Bonchev–Trinajstić information content (AvgIpc) is 2.68. The summed E-state index contributed by atoms with van der Waals surface area (Å²) in [7, 11) is 0. The summed E-state index contributed by atoms with van der Waals surface area (Å²) < 4.78 is 0. The summed E-state index contributed by atoms with van der Waals surface area (Å²) in [5.41, 5.74) is 7.22. The monoisotopic (exact) mass is 372 g/mol. The molecule has 1 atom stereocenters. The molecular weight excluding hydrogens is 348 g/mol. The Labute approximate surface area is 165 Å². The van der Waals surface area contributed by atoms with Gasteiger partial charge in [0.2, 0.25) is 0 Å². The molecule has 0 amide bonds. The van der Waals surface area contributed by atoms with Crippen LogP contribution >= 0.6 is 0 Å². The maximum atomic E-state index is 12.1. The second-order valence-electron chi connectivity index (χ2n) is 7.61. The number of nitrogens with one attached hydrogen (secondary N) is 1. The molecule has 0 saturated heterocycles. The van der Waals surface area contributed by atoms with Gasteiger partial charge in [-0.25, -0.2) is 4.98 Å². The van der Waals surface area contributed by atoms with Crippen LogP contribution in [-0.2, 0) is 6.54 Å². The number of hydrogen-bond acceptors (Lipinski definition) is 3. The second-order valence-corrected chi connectivity index (χ2v) is 7.61. The van der Waals surface area contributed by atoms with Crippen molar-refractivity contribution >= 4 is 28.5 Å². The molecule has 3 aromatic rings. The zero-order valence-corrected chi connectivity index (χ0v) is 16.5. The number of carbonyl (C=O) groups is 1. The summed E-state index contributed by atoms with van der Waals surface area (Å²) in [6, 6.07) is 13.8. The lowest BCUT2D eigenvalue weighted by molar-refractivity contribution is -0.905. The summed E-state index contributed by atoms with van der Waals surface area (Å²) >= 11 is 0. The highest BCUT2D eigenvalue weighted by molar-refractivity contribution is 6.05. The van der Waals surface area contributed by atoms with E-state index in [-0.39, 0.29) is 5.56 Å². The highest BCUT2D eigenvalue weighted by Gasteiger charge is 2.28. The SMILES string of the molecule is CC[NH+]1C/C(=C\c2cc(C)ccc2C)c2nc3ccccc3c(C(=O)[O-])c2C1. The first kappa shape index (κ1) is 18.4. The fourth-order valence-corrected chi connectivity index (χ4v) is 4.06. The van der Waals surface area contributed by atoms with Gasteiger partial charge in [-0.15, -0.1) is 0 Å². The predicted molar refractivity (Wildman–Crippen MR) is 110 cm³/mol. The topological polar surface area (TPSA) is 57.5 Å². The highest BCUT2D eigenvalue weighted by atomic mass is 16.4. The number of fused-ring (bicyclic) bond motifs is 2. The zero-order valence-electron chi connectivity index (χ0n) is 16.5. The Balaban J connectivity index is 2.00. The third kappa shape index (κ3) is 3.20. The van der Waals surface area contributed by atoms with Crippen molar-refractivity contribution in [2.24, 2.45) is 0 Å². The Hall–Kier alpha value is -2.98. The van der Waals surface area contributed by atoms with Crippen LogP contribution < -0.4 is 10.0 Å². The average molecular weight is 372 g/mol. The normalized spacial score (nSPS) is 17.7. The van der Waals surface area contributed by atoms with Crippen molar-refractivity contribution in [3.05, 3.63) is 76.0 Å². The molecule has 1 unspecified atom stereocenters. The molecule has 0 fully saturated rings. The first-order valence-corrected chi connectivity index (χ1v) is 9.72. The van der Waals surface area contributed by atoms with E-state index in [4.69, 9.17) is 4.98 Å². The lowest BCUT2D eigenvalue weighted by Gasteiger charge is -2.29. The molecular formula is C24H24N2O2. The van der Waals surface area contributed by atoms with Gasteiger partial charge >= 0.3 is 0 Å². The Bertz CT molecular complexity index is 1120. The number of aromatic carboxylic acids is 1. The van der Waals surface area contributed by atoms with Crippen molar-refractivity contribution in [3.63, 3.8) is 0 Å². The molecule has 0 saturated carbocycles. The molecule has 1 aromatic heterocycles. The van der Waals surface area contributed by atoms with Gasteiger partial charge in [0.1, 0.15) is 13.1 Å². The Morgan fingerprint density at radius 3 is 2.71 bits per heavy atom. The molecule has 1 aliphatic heterocycles. The van der Waals surface area contributed by atoms with Crippen LogP contribution in [0.15, 0.2) is 42.5 Å². The molecule has 1 N–H and O–H groups in total. The van der Waals surface area contributed by atoms with Crippen LogP contribution in [-0.4, -0.2) is 24.0 Å². The van der Waals surface area contributed by atoms with Crippen molar-refractivity contribution in [2.75, 3.05) is 13.1 Å². The molecule has 0 aliphatic carbocycles. The van der Waals surface area contributed by atoms with Gasteiger partial charge < -0.3 is 14.8 Å². The fraction of sp³-hybridized carbons (Fsp3) is 0.250. The molecule has 28 heavy (non-hydrogen) atoms.